The lowest BCUT2D eigenvalue weighted by Crippen LogP contribution is -2.36. The van der Waals surface area contributed by atoms with Crippen molar-refractivity contribution in [3.8, 4) is 11.3 Å². The Kier molecular flexibility index (Phi) is 5.12. The number of hydrogen-bond acceptors (Lipinski definition) is 2. The van der Waals surface area contributed by atoms with Gasteiger partial charge in [0.05, 0.1) is 16.8 Å². The third-order valence-corrected chi connectivity index (χ3v) is 5.76. The number of aromatic nitrogens is 1. The average molecular weight is 376 g/mol. The summed E-state index contributed by atoms with van der Waals surface area (Å²) >= 11 is 0. The molecule has 3 nitrogen and oxygen atoms in total. The Balaban J connectivity index is 1.79. The van der Waals surface area contributed by atoms with E-state index in [4.69, 9.17) is 4.98 Å². The Bertz CT molecular complexity index is 1040. The number of carbonyl (C=O) groups excluding carboxylic acids is 1. The molecular weight excluding hydrogens is 351 g/mol. The van der Waals surface area contributed by atoms with Crippen LogP contribution in [0.2, 0.25) is 0 Å². The van der Waals surface area contributed by atoms with E-state index >= 15 is 0 Å². The predicted molar refractivity (Wildman–Crippen MR) is 111 cm³/mol. The summed E-state index contributed by atoms with van der Waals surface area (Å²) in [5.41, 5.74) is 5.19. The van der Waals surface area contributed by atoms with Crippen LogP contribution < -0.4 is 5.32 Å². The van der Waals surface area contributed by atoms with E-state index in [1.807, 2.05) is 6.07 Å². The molecule has 0 radical (unpaired) electrons. The molecule has 0 bridgehead atoms. The molecule has 144 valence electrons. The standard InChI is InChI=1S/C24H25FN2O/c1-15-8-9-17(12-16(15)2)23-14-21(20-13-18(25)10-11-22(20)27-23)24(28)26-19-6-4-3-5-7-19/h8-14,19H,3-7H2,1-2H3,(H,26,28). The van der Waals surface area contributed by atoms with E-state index in [0.717, 1.165) is 36.9 Å². The van der Waals surface area contributed by atoms with Crippen LogP contribution in [0.5, 0.6) is 0 Å². The van der Waals surface area contributed by atoms with Crippen LogP contribution in [-0.2, 0) is 0 Å². The van der Waals surface area contributed by atoms with Gasteiger partial charge in [0.25, 0.3) is 5.91 Å². The van der Waals surface area contributed by atoms with Crippen LogP contribution in [0.1, 0.15) is 53.6 Å². The van der Waals surface area contributed by atoms with E-state index in [-0.39, 0.29) is 17.8 Å². The van der Waals surface area contributed by atoms with Crippen LogP contribution in [0.3, 0.4) is 0 Å². The molecule has 1 N–H and O–H groups in total. The van der Waals surface area contributed by atoms with Gasteiger partial charge in [0.15, 0.2) is 0 Å². The summed E-state index contributed by atoms with van der Waals surface area (Å²) in [6.45, 7) is 4.13. The number of halogens is 1. The molecule has 0 unspecified atom stereocenters. The Labute approximate surface area is 165 Å². The molecule has 0 spiro atoms. The van der Waals surface area contributed by atoms with Crippen LogP contribution in [-0.4, -0.2) is 16.9 Å². The molecule has 0 aliphatic heterocycles. The van der Waals surface area contributed by atoms with Gasteiger partial charge < -0.3 is 5.32 Å². The summed E-state index contributed by atoms with van der Waals surface area (Å²) in [4.78, 5) is 17.8. The van der Waals surface area contributed by atoms with Crippen molar-refractivity contribution in [2.45, 2.75) is 52.0 Å². The van der Waals surface area contributed by atoms with Crippen LogP contribution >= 0.6 is 0 Å². The number of pyridine rings is 1. The molecule has 0 saturated heterocycles. The van der Waals surface area contributed by atoms with Crippen molar-refractivity contribution >= 4 is 16.8 Å². The Morgan fingerprint density at radius 1 is 1.00 bits per heavy atom. The van der Waals surface area contributed by atoms with Gasteiger partial charge in [0.2, 0.25) is 0 Å². The molecule has 3 aromatic rings. The second kappa shape index (κ2) is 7.70. The molecule has 1 fully saturated rings. The monoisotopic (exact) mass is 376 g/mol. The molecule has 1 amide bonds. The summed E-state index contributed by atoms with van der Waals surface area (Å²) < 4.78 is 13.9. The molecule has 2 aromatic carbocycles. The SMILES string of the molecule is Cc1ccc(-c2cc(C(=O)NC3CCCCC3)c3cc(F)ccc3n2)cc1C. The molecule has 4 heteroatoms. The lowest BCUT2D eigenvalue weighted by atomic mass is 9.95. The zero-order chi connectivity index (χ0) is 19.7. The number of hydrogen-bond donors (Lipinski definition) is 1. The number of amides is 1. The smallest absolute Gasteiger partial charge is 0.252 e. The first-order valence-electron chi connectivity index (χ1n) is 10.00. The van der Waals surface area contributed by atoms with Gasteiger partial charge in [-0.15, -0.1) is 0 Å². The highest BCUT2D eigenvalue weighted by Gasteiger charge is 2.20. The highest BCUT2D eigenvalue weighted by molar-refractivity contribution is 6.07. The summed E-state index contributed by atoms with van der Waals surface area (Å²) in [5.74, 6) is -0.505. The van der Waals surface area contributed by atoms with Crippen LogP contribution in [0.15, 0.2) is 42.5 Å². The number of nitrogens with zero attached hydrogens (tertiary/aromatic N) is 1. The van der Waals surface area contributed by atoms with E-state index in [1.54, 1.807) is 12.1 Å². The maximum Gasteiger partial charge on any atom is 0.252 e. The molecule has 28 heavy (non-hydrogen) atoms. The normalized spacial score (nSPS) is 15.0. The van der Waals surface area contributed by atoms with Gasteiger partial charge in [-0.05, 0) is 68.1 Å². The third-order valence-electron chi connectivity index (χ3n) is 5.76. The van der Waals surface area contributed by atoms with Crippen LogP contribution in [0, 0.1) is 19.7 Å². The maximum atomic E-state index is 13.9. The fourth-order valence-electron chi connectivity index (χ4n) is 3.94. The summed E-state index contributed by atoms with van der Waals surface area (Å²) in [6, 6.07) is 12.6. The van der Waals surface area contributed by atoms with Crippen molar-refractivity contribution in [1.29, 1.82) is 0 Å². The third kappa shape index (κ3) is 3.77. The number of carbonyl (C=O) groups is 1. The molecule has 1 saturated carbocycles. The zero-order valence-electron chi connectivity index (χ0n) is 16.4. The fraction of sp³-hybridized carbons (Fsp3) is 0.333. The molecule has 4 rings (SSSR count). The molecule has 0 atom stereocenters. The van der Waals surface area contributed by atoms with Crippen LogP contribution in [0.4, 0.5) is 4.39 Å². The van der Waals surface area contributed by atoms with E-state index in [1.165, 1.54) is 29.7 Å². The molecule has 1 aliphatic carbocycles. The number of benzene rings is 2. The van der Waals surface area contributed by atoms with E-state index in [0.29, 0.717) is 16.5 Å². The fourth-order valence-corrected chi connectivity index (χ4v) is 3.94. The lowest BCUT2D eigenvalue weighted by molar-refractivity contribution is 0.0929. The van der Waals surface area contributed by atoms with Crippen molar-refractivity contribution in [3.05, 3.63) is 65.0 Å². The zero-order valence-corrected chi connectivity index (χ0v) is 16.4. The largest absolute Gasteiger partial charge is 0.349 e. The van der Waals surface area contributed by atoms with E-state index in [2.05, 4.69) is 31.3 Å². The first-order chi connectivity index (χ1) is 13.5. The summed E-state index contributed by atoms with van der Waals surface area (Å²) in [6.07, 6.45) is 5.53. The summed E-state index contributed by atoms with van der Waals surface area (Å²) in [5, 5.41) is 3.71. The highest BCUT2D eigenvalue weighted by atomic mass is 19.1. The molecule has 1 heterocycles. The van der Waals surface area contributed by atoms with Gasteiger partial charge in [-0.3, -0.25) is 4.79 Å². The van der Waals surface area contributed by atoms with Crippen molar-refractivity contribution in [1.82, 2.24) is 10.3 Å². The Morgan fingerprint density at radius 3 is 2.54 bits per heavy atom. The molecule has 1 aromatic heterocycles. The van der Waals surface area contributed by atoms with Gasteiger partial charge in [-0.1, -0.05) is 31.4 Å². The topological polar surface area (TPSA) is 42.0 Å². The van der Waals surface area contributed by atoms with Gasteiger partial charge in [0.1, 0.15) is 5.82 Å². The average Bonchev–Trinajstić information content (AvgIpc) is 2.70. The van der Waals surface area contributed by atoms with Crippen LogP contribution in [0.25, 0.3) is 22.2 Å². The maximum absolute atomic E-state index is 13.9. The first kappa shape index (κ1) is 18.6. The van der Waals surface area contributed by atoms with Gasteiger partial charge in [-0.2, -0.15) is 0 Å². The van der Waals surface area contributed by atoms with E-state index < -0.39 is 0 Å². The Morgan fingerprint density at radius 2 is 1.79 bits per heavy atom. The van der Waals surface area contributed by atoms with Gasteiger partial charge in [0, 0.05) is 17.0 Å². The minimum atomic E-state index is -0.361. The number of nitrogens with one attached hydrogen (secondary N) is 1. The van der Waals surface area contributed by atoms with Gasteiger partial charge >= 0.3 is 0 Å². The second-order valence-corrected chi connectivity index (χ2v) is 7.82. The van der Waals surface area contributed by atoms with Crippen molar-refractivity contribution in [3.63, 3.8) is 0 Å². The minimum Gasteiger partial charge on any atom is -0.349 e. The van der Waals surface area contributed by atoms with Crippen molar-refractivity contribution in [2.24, 2.45) is 0 Å². The number of aryl methyl sites for hydroxylation is 2. The van der Waals surface area contributed by atoms with Gasteiger partial charge in [-0.25, -0.2) is 9.37 Å². The van der Waals surface area contributed by atoms with Crippen molar-refractivity contribution < 1.29 is 9.18 Å². The molecular formula is C24H25FN2O. The second-order valence-electron chi connectivity index (χ2n) is 7.82. The number of rotatable bonds is 3. The predicted octanol–water partition coefficient (Wildman–Crippen LogP) is 5.72. The van der Waals surface area contributed by atoms with E-state index in [9.17, 15) is 9.18 Å². The minimum absolute atomic E-state index is 0.144. The lowest BCUT2D eigenvalue weighted by Gasteiger charge is -2.23. The molecule has 1 aliphatic rings. The first-order valence-corrected chi connectivity index (χ1v) is 10.00. The summed E-state index contributed by atoms with van der Waals surface area (Å²) in [7, 11) is 0. The Hall–Kier alpha value is -2.75. The number of fused-ring (bicyclic) bond motifs is 1. The van der Waals surface area contributed by atoms with Crippen molar-refractivity contribution in [2.75, 3.05) is 0 Å². The highest BCUT2D eigenvalue weighted by Crippen LogP contribution is 2.27. The quantitative estimate of drug-likeness (QED) is 0.635.